The van der Waals surface area contributed by atoms with Gasteiger partial charge in [-0.25, -0.2) is 0 Å². The summed E-state index contributed by atoms with van der Waals surface area (Å²) in [5.41, 5.74) is 1.52. The number of carbonyl (C=O) groups is 1. The van der Waals surface area contributed by atoms with Crippen molar-refractivity contribution in [1.29, 1.82) is 5.39 Å². The highest BCUT2D eigenvalue weighted by molar-refractivity contribution is 5.66. The zero-order valence-electron chi connectivity index (χ0n) is 10.1. The summed E-state index contributed by atoms with van der Waals surface area (Å²) in [6.45, 7) is 5.25. The Morgan fingerprint density at radius 3 is 2.53 bits per heavy atom. The summed E-state index contributed by atoms with van der Waals surface area (Å²) in [4.78, 5) is 15.8. The van der Waals surface area contributed by atoms with E-state index in [1.165, 1.54) is 6.92 Å². The van der Waals surface area contributed by atoms with Crippen molar-refractivity contribution in [3.63, 3.8) is 0 Å². The Hall–Kier alpha value is -2.09. The summed E-state index contributed by atoms with van der Waals surface area (Å²) in [6.07, 6.45) is 0. The number of hydrogen-bond acceptors (Lipinski definition) is 4. The number of carbonyl (C=O) groups excluding carboxylic acids is 1. The molecule has 1 aromatic rings. The fraction of sp³-hybridized carbons (Fsp3) is 0.417. The molecule has 0 aliphatic rings. The number of likely N-dealkylation sites (N-methyl/N-ethyl adjacent to an activating group) is 1. The van der Waals surface area contributed by atoms with Crippen LogP contribution >= 0.6 is 0 Å². The second-order valence-electron chi connectivity index (χ2n) is 3.54. The highest BCUT2D eigenvalue weighted by atomic mass is 16.5. The molecule has 0 amide bonds. The Kier molecular flexibility index (Phi) is 4.95. The van der Waals surface area contributed by atoms with E-state index < -0.39 is 0 Å². The molecule has 5 heteroatoms. The molecule has 0 aromatic heterocycles. The quantitative estimate of drug-likeness (QED) is 0.580. The van der Waals surface area contributed by atoms with Gasteiger partial charge in [0, 0.05) is 31.3 Å². The molecule has 5 nitrogen and oxygen atoms in total. The van der Waals surface area contributed by atoms with Crippen molar-refractivity contribution in [3.8, 4) is 0 Å². The van der Waals surface area contributed by atoms with E-state index in [2.05, 4.69) is 9.88 Å². The first-order valence-electron chi connectivity index (χ1n) is 5.51. The minimum absolute atomic E-state index is 0.268. The molecule has 0 spiro atoms. The summed E-state index contributed by atoms with van der Waals surface area (Å²) in [6, 6.07) is 7.19. The summed E-state index contributed by atoms with van der Waals surface area (Å²) >= 11 is 0. The minimum Gasteiger partial charge on any atom is -0.464 e. The van der Waals surface area contributed by atoms with Crippen molar-refractivity contribution in [3.05, 3.63) is 29.2 Å². The Labute approximate surface area is 101 Å². The molecular weight excluding hydrogens is 218 g/mol. The topological polar surface area (TPSA) is 57.7 Å². The second kappa shape index (κ2) is 6.48. The molecular formula is C12H16N3O2+. The van der Waals surface area contributed by atoms with Crippen LogP contribution in [0, 0.1) is 5.39 Å². The van der Waals surface area contributed by atoms with Crippen molar-refractivity contribution in [2.75, 3.05) is 24.6 Å². The Morgan fingerprint density at radius 2 is 2.06 bits per heavy atom. The van der Waals surface area contributed by atoms with Crippen LogP contribution in [-0.2, 0) is 9.53 Å². The van der Waals surface area contributed by atoms with E-state index in [9.17, 15) is 4.79 Å². The maximum absolute atomic E-state index is 10.7. The lowest BCUT2D eigenvalue weighted by Crippen LogP contribution is -2.27. The number of hydrogen-bond donors (Lipinski definition) is 0. The van der Waals surface area contributed by atoms with Crippen molar-refractivity contribution >= 4 is 17.3 Å². The molecule has 0 saturated heterocycles. The molecule has 0 aliphatic heterocycles. The first-order valence-corrected chi connectivity index (χ1v) is 5.51. The molecule has 1 rings (SSSR count). The normalized spacial score (nSPS) is 9.47. The van der Waals surface area contributed by atoms with Crippen LogP contribution in [0.25, 0.3) is 4.98 Å². The number of anilines is 1. The molecule has 0 bridgehead atoms. The number of benzene rings is 1. The molecule has 1 aromatic carbocycles. The summed E-state index contributed by atoms with van der Waals surface area (Å²) < 4.78 is 4.90. The van der Waals surface area contributed by atoms with Gasteiger partial charge in [0.05, 0.1) is 6.54 Å². The molecule has 0 radical (unpaired) electrons. The molecule has 0 N–H and O–H groups in total. The van der Waals surface area contributed by atoms with Gasteiger partial charge in [0.15, 0.2) is 4.98 Å². The van der Waals surface area contributed by atoms with Gasteiger partial charge in [-0.15, -0.1) is 0 Å². The van der Waals surface area contributed by atoms with Crippen LogP contribution in [0.5, 0.6) is 0 Å². The van der Waals surface area contributed by atoms with E-state index in [1.807, 2.05) is 19.1 Å². The van der Waals surface area contributed by atoms with Crippen molar-refractivity contribution in [2.24, 2.45) is 0 Å². The van der Waals surface area contributed by atoms with E-state index in [1.54, 1.807) is 12.1 Å². The maximum atomic E-state index is 10.7. The first-order chi connectivity index (χ1) is 8.17. The summed E-state index contributed by atoms with van der Waals surface area (Å²) in [5.74, 6) is -0.268. The highest BCUT2D eigenvalue weighted by Crippen LogP contribution is 2.19. The van der Waals surface area contributed by atoms with E-state index in [0.717, 1.165) is 12.2 Å². The first kappa shape index (κ1) is 13.0. The SMILES string of the molecule is CCN(CCOC(C)=O)c1ccc([N+]#N)cc1. The van der Waals surface area contributed by atoms with Crippen LogP contribution < -0.4 is 4.90 Å². The van der Waals surface area contributed by atoms with Gasteiger partial charge in [-0.1, -0.05) is 0 Å². The second-order valence-corrected chi connectivity index (χ2v) is 3.54. The van der Waals surface area contributed by atoms with E-state index in [-0.39, 0.29) is 5.97 Å². The van der Waals surface area contributed by atoms with Crippen molar-refractivity contribution in [2.45, 2.75) is 13.8 Å². The van der Waals surface area contributed by atoms with Gasteiger partial charge < -0.3 is 9.64 Å². The average Bonchev–Trinajstić information content (AvgIpc) is 2.34. The predicted molar refractivity (Wildman–Crippen MR) is 65.7 cm³/mol. The van der Waals surface area contributed by atoms with E-state index in [0.29, 0.717) is 18.8 Å². The molecule has 0 aliphatic carbocycles. The molecule has 0 heterocycles. The Balaban J connectivity index is 2.60. The number of nitrogens with zero attached hydrogens (tertiary/aromatic N) is 3. The van der Waals surface area contributed by atoms with Crippen LogP contribution in [0.3, 0.4) is 0 Å². The van der Waals surface area contributed by atoms with Gasteiger partial charge in [-0.3, -0.25) is 4.79 Å². The third kappa shape index (κ3) is 4.11. The molecule has 17 heavy (non-hydrogen) atoms. The van der Waals surface area contributed by atoms with Crippen LogP contribution in [0.4, 0.5) is 11.4 Å². The fourth-order valence-corrected chi connectivity index (χ4v) is 1.50. The van der Waals surface area contributed by atoms with Gasteiger partial charge in [0.25, 0.3) is 0 Å². The highest BCUT2D eigenvalue weighted by Gasteiger charge is 2.08. The lowest BCUT2D eigenvalue weighted by atomic mass is 10.2. The Morgan fingerprint density at radius 1 is 1.41 bits per heavy atom. The Bertz CT molecular complexity index is 409. The lowest BCUT2D eigenvalue weighted by Gasteiger charge is -2.22. The lowest BCUT2D eigenvalue weighted by molar-refractivity contribution is -0.140. The van der Waals surface area contributed by atoms with E-state index >= 15 is 0 Å². The molecule has 90 valence electrons. The van der Waals surface area contributed by atoms with Gasteiger partial charge >= 0.3 is 11.7 Å². The average molecular weight is 234 g/mol. The fourth-order valence-electron chi connectivity index (χ4n) is 1.50. The monoisotopic (exact) mass is 234 g/mol. The smallest absolute Gasteiger partial charge is 0.385 e. The van der Waals surface area contributed by atoms with Gasteiger partial charge in [0.2, 0.25) is 5.39 Å². The molecule has 0 fully saturated rings. The van der Waals surface area contributed by atoms with Crippen LogP contribution in [0.1, 0.15) is 13.8 Å². The van der Waals surface area contributed by atoms with Crippen LogP contribution in [0.15, 0.2) is 24.3 Å². The van der Waals surface area contributed by atoms with Gasteiger partial charge in [-0.05, 0) is 19.1 Å². The largest absolute Gasteiger partial charge is 0.464 e. The standard InChI is InChI=1S/C12H16N3O2/c1-3-15(8-9-17-10(2)16)12-6-4-11(14-13)5-7-12/h4-7H,3,8-9H2,1-2H3/q+1. The summed E-state index contributed by atoms with van der Waals surface area (Å²) in [5, 5.41) is 8.58. The predicted octanol–water partition coefficient (Wildman–Crippen LogP) is 2.56. The zero-order chi connectivity index (χ0) is 12.7. The van der Waals surface area contributed by atoms with Gasteiger partial charge in [0.1, 0.15) is 6.61 Å². The summed E-state index contributed by atoms with van der Waals surface area (Å²) in [7, 11) is 0. The number of esters is 1. The number of diazo groups is 1. The van der Waals surface area contributed by atoms with E-state index in [4.69, 9.17) is 10.1 Å². The van der Waals surface area contributed by atoms with Crippen LogP contribution in [-0.4, -0.2) is 25.7 Å². The number of ether oxygens (including phenoxy) is 1. The van der Waals surface area contributed by atoms with Gasteiger partial charge in [-0.2, -0.15) is 0 Å². The third-order valence-electron chi connectivity index (χ3n) is 2.38. The number of rotatable bonds is 5. The minimum atomic E-state index is -0.268. The van der Waals surface area contributed by atoms with Crippen molar-refractivity contribution in [1.82, 2.24) is 0 Å². The molecule has 0 unspecified atom stereocenters. The van der Waals surface area contributed by atoms with Crippen LogP contribution in [0.2, 0.25) is 0 Å². The maximum Gasteiger partial charge on any atom is 0.385 e. The van der Waals surface area contributed by atoms with Crippen molar-refractivity contribution < 1.29 is 9.53 Å². The molecule has 0 atom stereocenters. The zero-order valence-corrected chi connectivity index (χ0v) is 10.1. The third-order valence-corrected chi connectivity index (χ3v) is 2.38. The molecule has 0 saturated carbocycles.